The molecule has 0 aliphatic carbocycles. The largest absolute Gasteiger partial charge is 0.317 e. The van der Waals surface area contributed by atoms with E-state index in [2.05, 4.69) is 36.5 Å². The molecule has 0 unspecified atom stereocenters. The van der Waals surface area contributed by atoms with E-state index in [1.54, 1.807) is 5.56 Å². The molecule has 1 N–H and O–H groups in total. The van der Waals surface area contributed by atoms with Crippen molar-refractivity contribution >= 4 is 0 Å². The molecule has 1 aromatic carbocycles. The van der Waals surface area contributed by atoms with Gasteiger partial charge in [0.05, 0.1) is 0 Å². The van der Waals surface area contributed by atoms with Crippen molar-refractivity contribution in [2.75, 3.05) is 13.1 Å². The lowest BCUT2D eigenvalue weighted by atomic mass is 9.89. The molecule has 1 saturated heterocycles. The van der Waals surface area contributed by atoms with Gasteiger partial charge in [-0.3, -0.25) is 0 Å². The molecule has 0 spiro atoms. The van der Waals surface area contributed by atoms with Crippen molar-refractivity contribution in [3.63, 3.8) is 0 Å². The Hall–Kier alpha value is -0.820. The Morgan fingerprint density at radius 2 is 2.06 bits per heavy atom. The molecule has 1 nitrogen and oxygen atoms in total. The van der Waals surface area contributed by atoms with Crippen molar-refractivity contribution in [2.45, 2.75) is 44.9 Å². The second-order valence-electron chi connectivity index (χ2n) is 4.87. The van der Waals surface area contributed by atoms with Gasteiger partial charge in [-0.2, -0.15) is 0 Å². The highest BCUT2D eigenvalue weighted by Crippen LogP contribution is 2.25. The van der Waals surface area contributed by atoms with Crippen LogP contribution in [-0.2, 0) is 6.42 Å². The first-order chi connectivity index (χ1) is 7.90. The maximum Gasteiger partial charge on any atom is -0.00431 e. The Kier molecular flexibility index (Phi) is 4.41. The third-order valence-corrected chi connectivity index (χ3v) is 3.58. The van der Waals surface area contributed by atoms with Gasteiger partial charge in [0.25, 0.3) is 0 Å². The zero-order valence-electron chi connectivity index (χ0n) is 10.3. The quantitative estimate of drug-likeness (QED) is 0.814. The highest BCUT2D eigenvalue weighted by molar-refractivity contribution is 5.27. The van der Waals surface area contributed by atoms with E-state index >= 15 is 0 Å². The first kappa shape index (κ1) is 11.7. The molecule has 1 heterocycles. The number of benzene rings is 1. The van der Waals surface area contributed by atoms with E-state index in [4.69, 9.17) is 0 Å². The van der Waals surface area contributed by atoms with Crippen LogP contribution in [0.3, 0.4) is 0 Å². The predicted octanol–water partition coefficient (Wildman–Crippen LogP) is 3.50. The fourth-order valence-corrected chi connectivity index (χ4v) is 2.54. The molecule has 16 heavy (non-hydrogen) atoms. The van der Waals surface area contributed by atoms with Crippen molar-refractivity contribution in [3.05, 3.63) is 35.4 Å². The Bertz CT molecular complexity index is 313. The Labute approximate surface area is 99.3 Å². The SMILES string of the molecule is CCCCc1cccc(C2CCNCC2)c1. The van der Waals surface area contributed by atoms with Crippen molar-refractivity contribution in [1.29, 1.82) is 0 Å². The van der Waals surface area contributed by atoms with Gasteiger partial charge < -0.3 is 5.32 Å². The van der Waals surface area contributed by atoms with Gasteiger partial charge in [-0.15, -0.1) is 0 Å². The van der Waals surface area contributed by atoms with E-state index in [0.29, 0.717) is 0 Å². The standard InChI is InChI=1S/C15H23N/c1-2-3-5-13-6-4-7-15(12-13)14-8-10-16-11-9-14/h4,6-7,12,14,16H,2-3,5,8-11H2,1H3. The maximum absolute atomic E-state index is 3.43. The molecule has 1 aliphatic rings. The van der Waals surface area contributed by atoms with Crippen LogP contribution in [0.4, 0.5) is 0 Å². The van der Waals surface area contributed by atoms with E-state index in [1.807, 2.05) is 0 Å². The first-order valence-electron chi connectivity index (χ1n) is 6.69. The molecule has 1 aliphatic heterocycles. The van der Waals surface area contributed by atoms with Crippen LogP contribution < -0.4 is 5.32 Å². The highest BCUT2D eigenvalue weighted by atomic mass is 14.9. The summed E-state index contributed by atoms with van der Waals surface area (Å²) in [7, 11) is 0. The number of aryl methyl sites for hydroxylation is 1. The fraction of sp³-hybridized carbons (Fsp3) is 0.600. The number of nitrogens with one attached hydrogen (secondary N) is 1. The van der Waals surface area contributed by atoms with Gasteiger partial charge in [0.2, 0.25) is 0 Å². The topological polar surface area (TPSA) is 12.0 Å². The predicted molar refractivity (Wildman–Crippen MR) is 69.9 cm³/mol. The third kappa shape index (κ3) is 3.08. The van der Waals surface area contributed by atoms with Crippen LogP contribution in [0.25, 0.3) is 0 Å². The molecule has 0 amide bonds. The lowest BCUT2D eigenvalue weighted by Gasteiger charge is -2.23. The third-order valence-electron chi connectivity index (χ3n) is 3.58. The summed E-state index contributed by atoms with van der Waals surface area (Å²) in [4.78, 5) is 0. The molecule has 0 aromatic heterocycles. The van der Waals surface area contributed by atoms with Crippen LogP contribution in [0.1, 0.15) is 49.7 Å². The summed E-state index contributed by atoms with van der Waals surface area (Å²) in [6, 6.07) is 9.26. The summed E-state index contributed by atoms with van der Waals surface area (Å²) in [5.74, 6) is 0.794. The van der Waals surface area contributed by atoms with Gasteiger partial charge in [0.1, 0.15) is 0 Å². The van der Waals surface area contributed by atoms with Gasteiger partial charge in [-0.25, -0.2) is 0 Å². The molecular weight excluding hydrogens is 194 g/mol. The van der Waals surface area contributed by atoms with Crippen LogP contribution in [0.15, 0.2) is 24.3 Å². The van der Waals surface area contributed by atoms with Gasteiger partial charge in [0, 0.05) is 0 Å². The zero-order chi connectivity index (χ0) is 11.2. The molecule has 1 heteroatoms. The van der Waals surface area contributed by atoms with E-state index in [-0.39, 0.29) is 0 Å². The van der Waals surface area contributed by atoms with Gasteiger partial charge in [-0.05, 0) is 55.8 Å². The van der Waals surface area contributed by atoms with E-state index in [1.165, 1.54) is 50.8 Å². The number of hydrogen-bond donors (Lipinski definition) is 1. The highest BCUT2D eigenvalue weighted by Gasteiger charge is 2.14. The van der Waals surface area contributed by atoms with Gasteiger partial charge in [-0.1, -0.05) is 37.6 Å². The Balaban J connectivity index is 2.02. The number of hydrogen-bond acceptors (Lipinski definition) is 1. The lowest BCUT2D eigenvalue weighted by Crippen LogP contribution is -2.26. The minimum Gasteiger partial charge on any atom is -0.317 e. The summed E-state index contributed by atoms with van der Waals surface area (Å²) in [5, 5.41) is 3.43. The maximum atomic E-state index is 3.43. The van der Waals surface area contributed by atoms with Crippen molar-refractivity contribution in [1.82, 2.24) is 5.32 Å². The first-order valence-corrected chi connectivity index (χ1v) is 6.69. The van der Waals surface area contributed by atoms with Crippen LogP contribution in [-0.4, -0.2) is 13.1 Å². The van der Waals surface area contributed by atoms with E-state index in [0.717, 1.165) is 5.92 Å². The monoisotopic (exact) mass is 217 g/mol. The molecule has 88 valence electrons. The molecule has 1 aromatic rings. The van der Waals surface area contributed by atoms with Crippen LogP contribution in [0.2, 0.25) is 0 Å². The molecule has 0 saturated carbocycles. The molecular formula is C15H23N. The Morgan fingerprint density at radius 3 is 2.81 bits per heavy atom. The number of rotatable bonds is 4. The summed E-state index contributed by atoms with van der Waals surface area (Å²) < 4.78 is 0. The molecule has 0 bridgehead atoms. The molecule has 0 radical (unpaired) electrons. The van der Waals surface area contributed by atoms with E-state index in [9.17, 15) is 0 Å². The van der Waals surface area contributed by atoms with E-state index < -0.39 is 0 Å². The van der Waals surface area contributed by atoms with Crippen LogP contribution >= 0.6 is 0 Å². The minimum absolute atomic E-state index is 0.794. The molecule has 0 atom stereocenters. The number of piperidine rings is 1. The van der Waals surface area contributed by atoms with Crippen molar-refractivity contribution in [3.8, 4) is 0 Å². The lowest BCUT2D eigenvalue weighted by molar-refractivity contribution is 0.460. The van der Waals surface area contributed by atoms with Gasteiger partial charge >= 0.3 is 0 Å². The average Bonchev–Trinajstić information content (AvgIpc) is 2.38. The summed E-state index contributed by atoms with van der Waals surface area (Å²) in [6.07, 6.45) is 6.46. The second-order valence-corrected chi connectivity index (χ2v) is 4.87. The summed E-state index contributed by atoms with van der Waals surface area (Å²) in [5.41, 5.74) is 3.09. The van der Waals surface area contributed by atoms with Crippen LogP contribution in [0.5, 0.6) is 0 Å². The number of unbranched alkanes of at least 4 members (excludes halogenated alkanes) is 1. The van der Waals surface area contributed by atoms with Crippen LogP contribution in [0, 0.1) is 0 Å². The second kappa shape index (κ2) is 6.05. The van der Waals surface area contributed by atoms with Crippen molar-refractivity contribution < 1.29 is 0 Å². The minimum atomic E-state index is 0.794. The molecule has 1 fully saturated rings. The summed E-state index contributed by atoms with van der Waals surface area (Å²) in [6.45, 7) is 4.63. The smallest absolute Gasteiger partial charge is 0.00431 e. The normalized spacial score (nSPS) is 17.6. The Morgan fingerprint density at radius 1 is 1.25 bits per heavy atom. The van der Waals surface area contributed by atoms with Crippen molar-refractivity contribution in [2.24, 2.45) is 0 Å². The average molecular weight is 217 g/mol. The van der Waals surface area contributed by atoms with Gasteiger partial charge in [0.15, 0.2) is 0 Å². The fourth-order valence-electron chi connectivity index (χ4n) is 2.54. The zero-order valence-corrected chi connectivity index (χ0v) is 10.3. The summed E-state index contributed by atoms with van der Waals surface area (Å²) >= 11 is 0. The molecule has 2 rings (SSSR count).